The third kappa shape index (κ3) is 2.12. The SMILES string of the molecule is CCc1ccccc1[C@@H](CO)C(=O)O. The van der Waals surface area contributed by atoms with Gasteiger partial charge in [0.15, 0.2) is 0 Å². The Morgan fingerprint density at radius 1 is 1.43 bits per heavy atom. The van der Waals surface area contributed by atoms with Crippen molar-refractivity contribution in [2.45, 2.75) is 19.3 Å². The van der Waals surface area contributed by atoms with Crippen molar-refractivity contribution >= 4 is 5.97 Å². The van der Waals surface area contributed by atoms with Crippen molar-refractivity contribution in [3.8, 4) is 0 Å². The van der Waals surface area contributed by atoms with E-state index in [0.717, 1.165) is 12.0 Å². The molecule has 0 radical (unpaired) electrons. The maximum atomic E-state index is 10.8. The Bertz CT molecular complexity index is 320. The molecule has 0 fully saturated rings. The van der Waals surface area contributed by atoms with Crippen LogP contribution < -0.4 is 0 Å². The van der Waals surface area contributed by atoms with E-state index in [1.165, 1.54) is 0 Å². The number of aliphatic carboxylic acids is 1. The van der Waals surface area contributed by atoms with Gasteiger partial charge in [-0.15, -0.1) is 0 Å². The molecule has 0 unspecified atom stereocenters. The van der Waals surface area contributed by atoms with Crippen LogP contribution in [0.1, 0.15) is 24.0 Å². The van der Waals surface area contributed by atoms with Gasteiger partial charge in [0.25, 0.3) is 0 Å². The molecule has 1 rings (SSSR count). The van der Waals surface area contributed by atoms with E-state index in [1.807, 2.05) is 19.1 Å². The first-order valence-electron chi connectivity index (χ1n) is 4.62. The molecule has 0 aliphatic heterocycles. The number of carboxylic acid groups (broad SMARTS) is 1. The highest BCUT2D eigenvalue weighted by atomic mass is 16.4. The van der Waals surface area contributed by atoms with E-state index in [4.69, 9.17) is 10.2 Å². The van der Waals surface area contributed by atoms with Gasteiger partial charge in [0, 0.05) is 0 Å². The van der Waals surface area contributed by atoms with Crippen molar-refractivity contribution in [2.75, 3.05) is 6.61 Å². The van der Waals surface area contributed by atoms with Gasteiger partial charge in [-0.2, -0.15) is 0 Å². The van der Waals surface area contributed by atoms with E-state index in [1.54, 1.807) is 12.1 Å². The topological polar surface area (TPSA) is 57.5 Å². The minimum absolute atomic E-state index is 0.355. The van der Waals surface area contributed by atoms with Crippen LogP contribution >= 0.6 is 0 Å². The number of aryl methyl sites for hydroxylation is 1. The van der Waals surface area contributed by atoms with Crippen LogP contribution in [0.25, 0.3) is 0 Å². The van der Waals surface area contributed by atoms with E-state index < -0.39 is 11.9 Å². The maximum Gasteiger partial charge on any atom is 0.313 e. The first-order chi connectivity index (χ1) is 6.70. The van der Waals surface area contributed by atoms with Crippen LogP contribution in [-0.4, -0.2) is 22.8 Å². The Balaban J connectivity index is 3.08. The van der Waals surface area contributed by atoms with Crippen molar-refractivity contribution in [3.63, 3.8) is 0 Å². The van der Waals surface area contributed by atoms with Gasteiger partial charge in [-0.05, 0) is 17.5 Å². The van der Waals surface area contributed by atoms with Crippen LogP contribution in [0.3, 0.4) is 0 Å². The number of aliphatic hydroxyl groups is 1. The fourth-order valence-electron chi connectivity index (χ4n) is 1.51. The van der Waals surface area contributed by atoms with E-state index in [0.29, 0.717) is 5.56 Å². The lowest BCUT2D eigenvalue weighted by Gasteiger charge is -2.13. The largest absolute Gasteiger partial charge is 0.481 e. The summed E-state index contributed by atoms with van der Waals surface area (Å²) in [7, 11) is 0. The third-order valence-corrected chi connectivity index (χ3v) is 2.29. The van der Waals surface area contributed by atoms with Crippen LogP contribution in [0, 0.1) is 0 Å². The van der Waals surface area contributed by atoms with Crippen molar-refractivity contribution in [1.29, 1.82) is 0 Å². The zero-order chi connectivity index (χ0) is 10.6. The smallest absolute Gasteiger partial charge is 0.313 e. The fourth-order valence-corrected chi connectivity index (χ4v) is 1.51. The van der Waals surface area contributed by atoms with Gasteiger partial charge >= 0.3 is 5.97 Å². The van der Waals surface area contributed by atoms with Gasteiger partial charge in [-0.3, -0.25) is 4.79 Å². The summed E-state index contributed by atoms with van der Waals surface area (Å²) in [6.45, 7) is 1.61. The van der Waals surface area contributed by atoms with Crippen LogP contribution in [0.15, 0.2) is 24.3 Å². The molecule has 0 amide bonds. The molecule has 3 heteroatoms. The summed E-state index contributed by atoms with van der Waals surface area (Å²) in [5.41, 5.74) is 1.69. The maximum absolute atomic E-state index is 10.8. The molecule has 2 N–H and O–H groups in total. The highest BCUT2D eigenvalue weighted by molar-refractivity contribution is 5.76. The molecule has 0 aliphatic rings. The summed E-state index contributed by atoms with van der Waals surface area (Å²) < 4.78 is 0. The molecule has 1 aromatic carbocycles. The Hall–Kier alpha value is -1.35. The molecular formula is C11H14O3. The standard InChI is InChI=1S/C11H14O3/c1-2-8-5-3-4-6-9(8)10(7-12)11(13)14/h3-6,10,12H,2,7H2,1H3,(H,13,14)/t10-/m1/s1. The highest BCUT2D eigenvalue weighted by Gasteiger charge is 2.20. The predicted octanol–water partition coefficient (Wildman–Crippen LogP) is 1.41. The highest BCUT2D eigenvalue weighted by Crippen LogP contribution is 2.20. The summed E-state index contributed by atoms with van der Waals surface area (Å²) in [6, 6.07) is 7.31. The van der Waals surface area contributed by atoms with Crippen molar-refractivity contribution < 1.29 is 15.0 Å². The van der Waals surface area contributed by atoms with Crippen molar-refractivity contribution in [3.05, 3.63) is 35.4 Å². The number of carbonyl (C=O) groups is 1. The second-order valence-corrected chi connectivity index (χ2v) is 3.13. The van der Waals surface area contributed by atoms with Gasteiger partial charge in [-0.25, -0.2) is 0 Å². The summed E-state index contributed by atoms with van der Waals surface area (Å²) in [6.07, 6.45) is 0.778. The average molecular weight is 194 g/mol. The van der Waals surface area contributed by atoms with E-state index in [-0.39, 0.29) is 6.61 Å². The molecule has 0 aliphatic carbocycles. The summed E-state index contributed by atoms with van der Waals surface area (Å²) in [4.78, 5) is 10.8. The molecule has 14 heavy (non-hydrogen) atoms. The summed E-state index contributed by atoms with van der Waals surface area (Å²) >= 11 is 0. The molecule has 1 aromatic rings. The molecule has 0 spiro atoms. The minimum Gasteiger partial charge on any atom is -0.481 e. The molecular weight excluding hydrogens is 180 g/mol. The lowest BCUT2D eigenvalue weighted by atomic mass is 9.94. The summed E-state index contributed by atoms with van der Waals surface area (Å²) in [5.74, 6) is -1.78. The normalized spacial score (nSPS) is 12.4. The molecule has 0 saturated heterocycles. The first-order valence-corrected chi connectivity index (χ1v) is 4.62. The zero-order valence-corrected chi connectivity index (χ0v) is 8.10. The van der Waals surface area contributed by atoms with Gasteiger partial charge in [-0.1, -0.05) is 31.2 Å². The van der Waals surface area contributed by atoms with E-state index >= 15 is 0 Å². The van der Waals surface area contributed by atoms with Gasteiger partial charge in [0.1, 0.15) is 5.92 Å². The average Bonchev–Trinajstić information content (AvgIpc) is 2.19. The fraction of sp³-hybridized carbons (Fsp3) is 0.364. The Kier molecular flexibility index (Phi) is 3.65. The van der Waals surface area contributed by atoms with Gasteiger partial charge in [0.05, 0.1) is 6.61 Å². The van der Waals surface area contributed by atoms with Crippen LogP contribution in [-0.2, 0) is 11.2 Å². The first kappa shape index (κ1) is 10.7. The number of aliphatic hydroxyl groups excluding tert-OH is 1. The molecule has 0 bridgehead atoms. The number of benzene rings is 1. The second kappa shape index (κ2) is 4.77. The quantitative estimate of drug-likeness (QED) is 0.761. The van der Waals surface area contributed by atoms with E-state index in [9.17, 15) is 4.79 Å². The molecule has 1 atom stereocenters. The zero-order valence-electron chi connectivity index (χ0n) is 8.10. The molecule has 0 saturated carbocycles. The van der Waals surface area contributed by atoms with Crippen molar-refractivity contribution in [1.82, 2.24) is 0 Å². The van der Waals surface area contributed by atoms with Crippen molar-refractivity contribution in [2.24, 2.45) is 0 Å². The Labute approximate surface area is 83.0 Å². The predicted molar refractivity (Wildman–Crippen MR) is 53.3 cm³/mol. The van der Waals surface area contributed by atoms with Crippen LogP contribution in [0.5, 0.6) is 0 Å². The Morgan fingerprint density at radius 2 is 2.07 bits per heavy atom. The number of rotatable bonds is 4. The van der Waals surface area contributed by atoms with Gasteiger partial charge in [0.2, 0.25) is 0 Å². The van der Waals surface area contributed by atoms with E-state index in [2.05, 4.69) is 0 Å². The third-order valence-electron chi connectivity index (χ3n) is 2.29. The summed E-state index contributed by atoms with van der Waals surface area (Å²) in [5, 5.41) is 17.9. The molecule has 3 nitrogen and oxygen atoms in total. The molecule has 0 aromatic heterocycles. The lowest BCUT2D eigenvalue weighted by molar-refractivity contribution is -0.139. The Morgan fingerprint density at radius 3 is 2.57 bits per heavy atom. The lowest BCUT2D eigenvalue weighted by Crippen LogP contribution is -2.17. The minimum atomic E-state index is -0.978. The monoisotopic (exact) mass is 194 g/mol. The number of carboxylic acids is 1. The van der Waals surface area contributed by atoms with Gasteiger partial charge < -0.3 is 10.2 Å². The van der Waals surface area contributed by atoms with Crippen LogP contribution in [0.2, 0.25) is 0 Å². The number of hydrogen-bond donors (Lipinski definition) is 2. The van der Waals surface area contributed by atoms with Crippen LogP contribution in [0.4, 0.5) is 0 Å². The second-order valence-electron chi connectivity index (χ2n) is 3.13. The molecule has 0 heterocycles. The number of hydrogen-bond acceptors (Lipinski definition) is 2. The molecule has 76 valence electrons.